The molecule has 3 aliphatic rings. The van der Waals surface area contributed by atoms with Gasteiger partial charge in [0.25, 0.3) is 0 Å². The van der Waals surface area contributed by atoms with Crippen LogP contribution in [-0.4, -0.2) is 28.2 Å². The van der Waals surface area contributed by atoms with Gasteiger partial charge < -0.3 is 9.42 Å². The number of hydrogen-bond acceptors (Lipinski definition) is 6. The minimum absolute atomic E-state index is 0.0234. The Kier molecular flexibility index (Phi) is 3.30. The first-order valence-electron chi connectivity index (χ1n) is 9.21. The number of nitrogens with zero attached hydrogens (tertiary/aromatic N) is 5. The second-order valence-electron chi connectivity index (χ2n) is 7.81. The molecule has 1 saturated heterocycles. The highest BCUT2D eigenvalue weighted by Gasteiger charge is 2.54. The van der Waals surface area contributed by atoms with Gasteiger partial charge in [0.1, 0.15) is 11.9 Å². The van der Waals surface area contributed by atoms with E-state index in [0.29, 0.717) is 11.5 Å². The number of pyridine rings is 1. The Bertz CT molecular complexity index is 819. The number of hydrogen-bond donors (Lipinski definition) is 0. The van der Waals surface area contributed by atoms with E-state index in [2.05, 4.69) is 21.1 Å². The van der Waals surface area contributed by atoms with Crippen molar-refractivity contribution in [2.45, 2.75) is 43.9 Å². The normalized spacial score (nSPS) is 28.1. The van der Waals surface area contributed by atoms with Crippen molar-refractivity contribution in [3.63, 3.8) is 0 Å². The monoisotopic (exact) mass is 335 g/mol. The molecular weight excluding hydrogens is 314 g/mol. The Labute approximate surface area is 146 Å². The highest BCUT2D eigenvalue weighted by molar-refractivity contribution is 5.45. The second kappa shape index (κ2) is 5.55. The van der Waals surface area contributed by atoms with Gasteiger partial charge in [0, 0.05) is 25.7 Å². The van der Waals surface area contributed by atoms with Gasteiger partial charge in [0.2, 0.25) is 5.89 Å². The van der Waals surface area contributed by atoms with Crippen molar-refractivity contribution in [2.24, 2.45) is 11.8 Å². The molecule has 0 radical (unpaired) electrons. The van der Waals surface area contributed by atoms with E-state index in [1.165, 1.54) is 25.7 Å². The fourth-order valence-corrected chi connectivity index (χ4v) is 4.57. The van der Waals surface area contributed by atoms with Crippen LogP contribution < -0.4 is 4.90 Å². The third-order valence-corrected chi connectivity index (χ3v) is 6.13. The topological polar surface area (TPSA) is 78.8 Å². The molecule has 3 fully saturated rings. The van der Waals surface area contributed by atoms with Crippen LogP contribution in [0.25, 0.3) is 0 Å². The number of nitriles is 1. The highest BCUT2D eigenvalue weighted by Crippen LogP contribution is 2.50. The Morgan fingerprint density at radius 1 is 1.32 bits per heavy atom. The molecule has 5 rings (SSSR count). The van der Waals surface area contributed by atoms with E-state index in [-0.39, 0.29) is 5.41 Å². The molecule has 6 heteroatoms. The summed E-state index contributed by atoms with van der Waals surface area (Å²) in [4.78, 5) is 11.6. The van der Waals surface area contributed by atoms with Crippen LogP contribution in [0.4, 0.5) is 5.82 Å². The van der Waals surface area contributed by atoms with Crippen LogP contribution in [0, 0.1) is 23.2 Å². The molecule has 0 aromatic carbocycles. The van der Waals surface area contributed by atoms with Crippen molar-refractivity contribution < 1.29 is 4.52 Å². The Balaban J connectivity index is 1.41. The average molecular weight is 335 g/mol. The fourth-order valence-electron chi connectivity index (χ4n) is 4.57. The van der Waals surface area contributed by atoms with Crippen LogP contribution in [0.2, 0.25) is 0 Å². The Morgan fingerprint density at radius 3 is 3.00 bits per heavy atom. The lowest BCUT2D eigenvalue weighted by molar-refractivity contribution is 0.265. The van der Waals surface area contributed by atoms with E-state index < -0.39 is 0 Å². The van der Waals surface area contributed by atoms with E-state index in [1.54, 1.807) is 6.20 Å². The van der Waals surface area contributed by atoms with E-state index >= 15 is 0 Å². The molecule has 0 amide bonds. The summed E-state index contributed by atoms with van der Waals surface area (Å²) in [6.45, 7) is 1.85. The lowest BCUT2D eigenvalue weighted by atomic mass is 9.80. The minimum Gasteiger partial charge on any atom is -0.355 e. The van der Waals surface area contributed by atoms with Gasteiger partial charge in [-0.1, -0.05) is 11.6 Å². The minimum atomic E-state index is -0.0234. The SMILES string of the molecule is N#Cc1ccc(N2C[C@H]3CCC[C@@]3(c3nc(CC4CC4)no3)C2)nc1. The predicted octanol–water partition coefficient (Wildman–Crippen LogP) is 2.85. The molecule has 0 spiro atoms. The zero-order valence-electron chi connectivity index (χ0n) is 14.2. The number of anilines is 1. The summed E-state index contributed by atoms with van der Waals surface area (Å²) in [5.41, 5.74) is 0.573. The molecule has 6 nitrogen and oxygen atoms in total. The zero-order chi connectivity index (χ0) is 16.9. The van der Waals surface area contributed by atoms with Crippen LogP contribution in [-0.2, 0) is 11.8 Å². The van der Waals surface area contributed by atoms with Crippen molar-refractivity contribution in [3.8, 4) is 6.07 Å². The maximum absolute atomic E-state index is 8.95. The summed E-state index contributed by atoms with van der Waals surface area (Å²) in [7, 11) is 0. The van der Waals surface area contributed by atoms with E-state index in [4.69, 9.17) is 14.8 Å². The molecule has 2 aromatic rings. The first kappa shape index (κ1) is 14.9. The summed E-state index contributed by atoms with van der Waals surface area (Å²) >= 11 is 0. The molecule has 0 N–H and O–H groups in total. The standard InChI is InChI=1S/C19H21N5O/c20-9-14-5-6-17(21-10-14)24-11-15-2-1-7-19(15,12-24)18-22-16(23-25-18)8-13-3-4-13/h5-6,10,13,15H,1-4,7-8,11-12H2/t15-,19-/m1/s1. The quantitative estimate of drug-likeness (QED) is 0.855. The van der Waals surface area contributed by atoms with Gasteiger partial charge in [0.05, 0.1) is 11.0 Å². The molecule has 2 saturated carbocycles. The second-order valence-corrected chi connectivity index (χ2v) is 7.81. The van der Waals surface area contributed by atoms with Crippen molar-refractivity contribution in [3.05, 3.63) is 35.6 Å². The van der Waals surface area contributed by atoms with Gasteiger partial charge in [-0.05, 0) is 49.7 Å². The van der Waals surface area contributed by atoms with Crippen molar-refractivity contribution in [2.75, 3.05) is 18.0 Å². The first-order valence-corrected chi connectivity index (χ1v) is 9.21. The van der Waals surface area contributed by atoms with Gasteiger partial charge >= 0.3 is 0 Å². The van der Waals surface area contributed by atoms with E-state index in [9.17, 15) is 0 Å². The zero-order valence-corrected chi connectivity index (χ0v) is 14.2. The summed E-state index contributed by atoms with van der Waals surface area (Å²) in [6.07, 6.45) is 8.75. The molecule has 25 heavy (non-hydrogen) atoms. The van der Waals surface area contributed by atoms with Crippen LogP contribution in [0.15, 0.2) is 22.9 Å². The fraction of sp³-hybridized carbons (Fsp3) is 0.579. The largest absolute Gasteiger partial charge is 0.355 e. The van der Waals surface area contributed by atoms with Crippen LogP contribution in [0.3, 0.4) is 0 Å². The maximum Gasteiger partial charge on any atom is 0.235 e. The summed E-state index contributed by atoms with van der Waals surface area (Å²) < 4.78 is 5.75. The van der Waals surface area contributed by atoms with Crippen LogP contribution >= 0.6 is 0 Å². The van der Waals surface area contributed by atoms with Gasteiger partial charge in [0.15, 0.2) is 5.82 Å². The predicted molar refractivity (Wildman–Crippen MR) is 90.9 cm³/mol. The summed E-state index contributed by atoms with van der Waals surface area (Å²) in [6, 6.07) is 5.91. The highest BCUT2D eigenvalue weighted by atomic mass is 16.5. The Hall–Kier alpha value is -2.42. The summed E-state index contributed by atoms with van der Waals surface area (Å²) in [5, 5.41) is 13.2. The molecule has 0 unspecified atom stereocenters. The van der Waals surface area contributed by atoms with Gasteiger partial charge in [-0.25, -0.2) is 4.98 Å². The molecular formula is C19H21N5O. The van der Waals surface area contributed by atoms with Gasteiger partial charge in [-0.2, -0.15) is 10.2 Å². The lowest BCUT2D eigenvalue weighted by Crippen LogP contribution is -2.32. The first-order chi connectivity index (χ1) is 12.3. The van der Waals surface area contributed by atoms with Gasteiger partial charge in [-0.3, -0.25) is 0 Å². The molecule has 2 atom stereocenters. The van der Waals surface area contributed by atoms with Crippen molar-refractivity contribution in [1.29, 1.82) is 5.26 Å². The van der Waals surface area contributed by atoms with Gasteiger partial charge in [-0.15, -0.1) is 0 Å². The van der Waals surface area contributed by atoms with Crippen molar-refractivity contribution >= 4 is 5.82 Å². The summed E-state index contributed by atoms with van der Waals surface area (Å²) in [5.74, 6) is 3.96. The Morgan fingerprint density at radius 2 is 2.24 bits per heavy atom. The van der Waals surface area contributed by atoms with E-state index in [0.717, 1.165) is 49.4 Å². The molecule has 128 valence electrons. The number of rotatable bonds is 4. The van der Waals surface area contributed by atoms with Crippen LogP contribution in [0.5, 0.6) is 0 Å². The van der Waals surface area contributed by atoms with Crippen molar-refractivity contribution in [1.82, 2.24) is 15.1 Å². The molecule has 3 heterocycles. The molecule has 1 aliphatic heterocycles. The average Bonchev–Trinajstić information content (AvgIpc) is 3.03. The third kappa shape index (κ3) is 2.50. The van der Waals surface area contributed by atoms with E-state index in [1.807, 2.05) is 12.1 Å². The number of aromatic nitrogens is 3. The molecule has 0 bridgehead atoms. The molecule has 2 aromatic heterocycles. The molecule has 2 aliphatic carbocycles. The van der Waals surface area contributed by atoms with Crippen LogP contribution in [0.1, 0.15) is 49.4 Å². The lowest BCUT2D eigenvalue weighted by Gasteiger charge is -2.24. The number of fused-ring (bicyclic) bond motifs is 1. The third-order valence-electron chi connectivity index (χ3n) is 6.13. The maximum atomic E-state index is 8.95. The smallest absolute Gasteiger partial charge is 0.235 e.